The smallest absolute Gasteiger partial charge is 0.143 e. The fourth-order valence-electron chi connectivity index (χ4n) is 7.47. The molecule has 1 nitrogen and oxygen atoms in total. The lowest BCUT2D eigenvalue weighted by Crippen LogP contribution is -2.23. The van der Waals surface area contributed by atoms with Crippen LogP contribution in [0.5, 0.6) is 0 Å². The van der Waals surface area contributed by atoms with Gasteiger partial charge in [-0.25, -0.2) is 0 Å². The van der Waals surface area contributed by atoms with Crippen LogP contribution < -0.4 is 0 Å². The minimum atomic E-state index is -0.0479. The largest absolute Gasteiger partial charge is 0.455 e. The number of benzene rings is 7. The second-order valence-corrected chi connectivity index (χ2v) is 12.5. The SMILES string of the molecule is CC1(C)c2ccccc2-c2ccc(-c3ccc(-c4ccc(-c5cccc6c5oc5ccccc56)cc4)cc3)c3cccc1c23. The molecule has 0 radical (unpaired) electrons. The summed E-state index contributed by atoms with van der Waals surface area (Å²) in [5, 5.41) is 5.02. The van der Waals surface area contributed by atoms with E-state index in [4.69, 9.17) is 4.42 Å². The van der Waals surface area contributed by atoms with Gasteiger partial charge in [0.05, 0.1) is 0 Å². The Morgan fingerprint density at radius 3 is 1.73 bits per heavy atom. The summed E-state index contributed by atoms with van der Waals surface area (Å²) in [5.41, 5.74) is 14.5. The summed E-state index contributed by atoms with van der Waals surface area (Å²) in [6.07, 6.45) is 0. The zero-order valence-electron chi connectivity index (χ0n) is 24.8. The molecule has 0 amide bonds. The van der Waals surface area contributed by atoms with Gasteiger partial charge in [0.1, 0.15) is 11.2 Å². The highest BCUT2D eigenvalue weighted by atomic mass is 16.3. The summed E-state index contributed by atoms with van der Waals surface area (Å²) in [7, 11) is 0. The van der Waals surface area contributed by atoms with Crippen molar-refractivity contribution in [2.75, 3.05) is 0 Å². The van der Waals surface area contributed by atoms with E-state index in [1.807, 2.05) is 12.1 Å². The summed E-state index contributed by atoms with van der Waals surface area (Å²) in [5.74, 6) is 0. The van der Waals surface area contributed by atoms with Crippen molar-refractivity contribution in [3.63, 3.8) is 0 Å². The molecule has 44 heavy (non-hydrogen) atoms. The quantitative estimate of drug-likeness (QED) is 0.209. The van der Waals surface area contributed by atoms with Crippen molar-refractivity contribution in [2.45, 2.75) is 19.3 Å². The lowest BCUT2D eigenvalue weighted by Gasteiger charge is -2.35. The molecule has 9 rings (SSSR count). The van der Waals surface area contributed by atoms with E-state index in [2.05, 4.69) is 147 Å². The van der Waals surface area contributed by atoms with E-state index in [-0.39, 0.29) is 5.41 Å². The molecule has 0 aliphatic heterocycles. The van der Waals surface area contributed by atoms with Gasteiger partial charge in [0.15, 0.2) is 0 Å². The molecule has 8 aromatic rings. The normalized spacial score (nSPS) is 13.4. The second-order valence-electron chi connectivity index (χ2n) is 12.5. The Kier molecular flexibility index (Phi) is 5.31. The second kappa shape index (κ2) is 9.30. The number of furan rings is 1. The van der Waals surface area contributed by atoms with Crippen molar-refractivity contribution in [3.05, 3.63) is 157 Å². The van der Waals surface area contributed by atoms with E-state index in [1.54, 1.807) is 0 Å². The van der Waals surface area contributed by atoms with Crippen LogP contribution in [-0.4, -0.2) is 0 Å². The minimum absolute atomic E-state index is 0.0479. The molecular formula is C43H30O. The molecule has 1 aliphatic carbocycles. The molecule has 7 aromatic carbocycles. The van der Waals surface area contributed by atoms with Gasteiger partial charge in [0, 0.05) is 21.8 Å². The van der Waals surface area contributed by atoms with Crippen molar-refractivity contribution >= 4 is 32.7 Å². The Morgan fingerprint density at radius 2 is 0.932 bits per heavy atom. The molecular weight excluding hydrogens is 532 g/mol. The lowest BCUT2D eigenvalue weighted by molar-refractivity contribution is 0.645. The molecule has 0 N–H and O–H groups in total. The van der Waals surface area contributed by atoms with Gasteiger partial charge in [-0.05, 0) is 66.9 Å². The Hall–Kier alpha value is -5.40. The Bertz CT molecular complexity index is 2380. The molecule has 0 bridgehead atoms. The number of rotatable bonds is 3. The van der Waals surface area contributed by atoms with Gasteiger partial charge < -0.3 is 4.42 Å². The van der Waals surface area contributed by atoms with Crippen molar-refractivity contribution in [1.82, 2.24) is 0 Å². The third-order valence-electron chi connectivity index (χ3n) is 9.73. The summed E-state index contributed by atoms with van der Waals surface area (Å²) < 4.78 is 6.29. The standard InChI is InChI=1S/C43H30O/c1-43(2)38-14-5-3-9-33(38)36-26-25-31(35-12-8-15-39(43)41(35)36)29-21-17-27(18-22-29)28-19-23-30(24-20-28)32-11-7-13-37-34-10-4-6-16-40(34)44-42(32)37/h3-26H,1-2H3. The summed E-state index contributed by atoms with van der Waals surface area (Å²) in [4.78, 5) is 0. The van der Waals surface area contributed by atoms with E-state index in [9.17, 15) is 0 Å². The van der Waals surface area contributed by atoms with E-state index in [1.165, 1.54) is 55.3 Å². The average Bonchev–Trinajstić information content (AvgIpc) is 3.46. The predicted octanol–water partition coefficient (Wildman–Crippen LogP) is 12.0. The van der Waals surface area contributed by atoms with Crippen LogP contribution in [-0.2, 0) is 5.41 Å². The Morgan fingerprint density at radius 1 is 0.386 bits per heavy atom. The van der Waals surface area contributed by atoms with Crippen LogP contribution in [0.4, 0.5) is 0 Å². The van der Waals surface area contributed by atoms with Gasteiger partial charge >= 0.3 is 0 Å². The third-order valence-corrected chi connectivity index (χ3v) is 9.73. The van der Waals surface area contributed by atoms with Crippen molar-refractivity contribution in [3.8, 4) is 44.5 Å². The highest BCUT2D eigenvalue weighted by Gasteiger charge is 2.33. The first-order chi connectivity index (χ1) is 21.6. The van der Waals surface area contributed by atoms with Crippen LogP contribution in [0.1, 0.15) is 25.0 Å². The number of fused-ring (bicyclic) bond motifs is 5. The molecule has 1 aliphatic rings. The molecule has 0 unspecified atom stereocenters. The van der Waals surface area contributed by atoms with E-state index in [0.717, 1.165) is 33.1 Å². The molecule has 208 valence electrons. The zero-order chi connectivity index (χ0) is 29.4. The molecule has 1 heterocycles. The number of hydrogen-bond acceptors (Lipinski definition) is 1. The van der Waals surface area contributed by atoms with Crippen LogP contribution >= 0.6 is 0 Å². The first kappa shape index (κ1) is 25.1. The fourth-order valence-corrected chi connectivity index (χ4v) is 7.47. The van der Waals surface area contributed by atoms with Gasteiger partial charge in [-0.2, -0.15) is 0 Å². The van der Waals surface area contributed by atoms with Crippen molar-refractivity contribution < 1.29 is 4.42 Å². The Labute approximate surface area is 257 Å². The van der Waals surface area contributed by atoms with Gasteiger partial charge in [0.25, 0.3) is 0 Å². The molecule has 0 fully saturated rings. The Balaban J connectivity index is 1.08. The van der Waals surface area contributed by atoms with Gasteiger partial charge in [-0.1, -0.05) is 153 Å². The number of hydrogen-bond donors (Lipinski definition) is 0. The third kappa shape index (κ3) is 3.59. The van der Waals surface area contributed by atoms with Crippen LogP contribution in [0.2, 0.25) is 0 Å². The monoisotopic (exact) mass is 562 g/mol. The zero-order valence-corrected chi connectivity index (χ0v) is 24.8. The van der Waals surface area contributed by atoms with Crippen LogP contribution in [0.25, 0.3) is 77.2 Å². The average molecular weight is 563 g/mol. The van der Waals surface area contributed by atoms with Gasteiger partial charge in [-0.15, -0.1) is 0 Å². The van der Waals surface area contributed by atoms with Crippen LogP contribution in [0.15, 0.2) is 150 Å². The maximum Gasteiger partial charge on any atom is 0.143 e. The molecule has 1 aromatic heterocycles. The highest BCUT2D eigenvalue weighted by molar-refractivity contribution is 6.10. The maximum atomic E-state index is 6.29. The molecule has 0 saturated heterocycles. The van der Waals surface area contributed by atoms with E-state index >= 15 is 0 Å². The van der Waals surface area contributed by atoms with Crippen LogP contribution in [0, 0.1) is 0 Å². The molecule has 0 spiro atoms. The molecule has 0 saturated carbocycles. The van der Waals surface area contributed by atoms with Crippen molar-refractivity contribution in [2.24, 2.45) is 0 Å². The highest BCUT2D eigenvalue weighted by Crippen LogP contribution is 2.50. The van der Waals surface area contributed by atoms with Gasteiger partial charge in [-0.3, -0.25) is 0 Å². The van der Waals surface area contributed by atoms with E-state index in [0.29, 0.717) is 0 Å². The first-order valence-electron chi connectivity index (χ1n) is 15.4. The lowest BCUT2D eigenvalue weighted by atomic mass is 9.68. The summed E-state index contributed by atoms with van der Waals surface area (Å²) >= 11 is 0. The summed E-state index contributed by atoms with van der Waals surface area (Å²) in [6, 6.07) is 52.9. The van der Waals surface area contributed by atoms with Crippen molar-refractivity contribution in [1.29, 1.82) is 0 Å². The fraction of sp³-hybridized carbons (Fsp3) is 0.0698. The maximum absolute atomic E-state index is 6.29. The molecule has 0 atom stereocenters. The van der Waals surface area contributed by atoms with E-state index < -0.39 is 0 Å². The molecule has 1 heteroatoms. The first-order valence-corrected chi connectivity index (χ1v) is 15.4. The van der Waals surface area contributed by atoms with Crippen LogP contribution in [0.3, 0.4) is 0 Å². The minimum Gasteiger partial charge on any atom is -0.455 e. The number of para-hydroxylation sites is 2. The van der Waals surface area contributed by atoms with Gasteiger partial charge in [0.2, 0.25) is 0 Å². The summed E-state index contributed by atoms with van der Waals surface area (Å²) in [6.45, 7) is 4.71. The topological polar surface area (TPSA) is 13.1 Å². The predicted molar refractivity (Wildman–Crippen MR) is 185 cm³/mol.